The lowest BCUT2D eigenvalue weighted by molar-refractivity contribution is -0.172. The Kier molecular flexibility index (Phi) is 3.57. The molecule has 2 fully saturated rings. The van der Waals surface area contributed by atoms with Crippen LogP contribution in [0.4, 0.5) is 0 Å². The third-order valence-corrected chi connectivity index (χ3v) is 6.36. The van der Waals surface area contributed by atoms with Gasteiger partial charge in [-0.15, -0.1) is 0 Å². The number of ether oxygens (including phenoxy) is 1. The fourth-order valence-corrected chi connectivity index (χ4v) is 4.76. The summed E-state index contributed by atoms with van der Waals surface area (Å²) in [6, 6.07) is 8.25. The third-order valence-electron chi connectivity index (χ3n) is 4.17. The number of hydrogen-bond donors (Lipinski definition) is 1. The van der Waals surface area contributed by atoms with E-state index in [1.165, 1.54) is 4.90 Å². The van der Waals surface area contributed by atoms with Crippen LogP contribution < -0.4 is 0 Å². The number of aliphatic hydroxyl groups excluding tert-OH is 1. The van der Waals surface area contributed by atoms with Gasteiger partial charge >= 0.3 is 5.97 Å². The molecule has 4 atom stereocenters. The van der Waals surface area contributed by atoms with Gasteiger partial charge in [-0.05, 0) is 19.4 Å². The lowest BCUT2D eigenvalue weighted by Gasteiger charge is -2.40. The van der Waals surface area contributed by atoms with Crippen LogP contribution in [-0.4, -0.2) is 48.4 Å². The number of rotatable bonds is 3. The zero-order chi connectivity index (χ0) is 16.1. The smallest absolute Gasteiger partial charge is 0.330 e. The average molecular weight is 323 g/mol. The number of esters is 1. The van der Waals surface area contributed by atoms with Crippen LogP contribution in [0, 0.1) is 0 Å². The molecule has 2 saturated heterocycles. The summed E-state index contributed by atoms with van der Waals surface area (Å²) in [5, 5.41) is 8.85. The topological polar surface area (TPSA) is 83.9 Å². The minimum absolute atomic E-state index is 0.0914. The van der Waals surface area contributed by atoms with E-state index in [9.17, 15) is 18.9 Å². The summed E-state index contributed by atoms with van der Waals surface area (Å²) < 4.78 is 16.7. The molecule has 1 aromatic rings. The Morgan fingerprint density at radius 3 is 2.64 bits per heavy atom. The van der Waals surface area contributed by atoms with Crippen molar-refractivity contribution in [1.29, 1.82) is 0 Å². The number of amides is 1. The first kappa shape index (κ1) is 15.2. The van der Waals surface area contributed by atoms with Gasteiger partial charge in [-0.2, -0.15) is 0 Å². The largest absolute Gasteiger partial charge is 0.459 e. The molecule has 1 aromatic carbocycles. The number of carbonyl (C=O) groups is 2. The van der Waals surface area contributed by atoms with Crippen molar-refractivity contribution in [2.45, 2.75) is 42.7 Å². The zero-order valence-electron chi connectivity index (χ0n) is 12.3. The van der Waals surface area contributed by atoms with Crippen LogP contribution in [0.2, 0.25) is 0 Å². The molecule has 0 spiro atoms. The van der Waals surface area contributed by atoms with Crippen molar-refractivity contribution in [1.82, 2.24) is 4.90 Å². The van der Waals surface area contributed by atoms with Crippen LogP contribution in [0.25, 0.3) is 0 Å². The first-order valence-corrected chi connectivity index (χ1v) is 8.18. The monoisotopic (exact) mass is 323 g/mol. The molecule has 6 nitrogen and oxygen atoms in total. The Hall–Kier alpha value is -1.73. The highest BCUT2D eigenvalue weighted by molar-refractivity contribution is 7.87. The van der Waals surface area contributed by atoms with Crippen molar-refractivity contribution in [2.75, 3.05) is 0 Å². The maximum Gasteiger partial charge on any atom is 0.330 e. The molecule has 0 aromatic heterocycles. The molecule has 1 amide bonds. The van der Waals surface area contributed by atoms with E-state index in [0.717, 1.165) is 5.56 Å². The highest BCUT2D eigenvalue weighted by atomic mass is 32.2. The fraction of sp³-hybridized carbons (Fsp3) is 0.467. The number of β-lactam (4-membered cyclic amide) rings is 1. The number of aliphatic hydroxyl groups is 1. The van der Waals surface area contributed by atoms with E-state index in [1.54, 1.807) is 13.8 Å². The molecule has 2 aliphatic heterocycles. The van der Waals surface area contributed by atoms with E-state index >= 15 is 0 Å². The van der Waals surface area contributed by atoms with Crippen LogP contribution in [-0.2, 0) is 31.7 Å². The molecule has 22 heavy (non-hydrogen) atoms. The molecule has 0 saturated carbocycles. The molecule has 1 N–H and O–H groups in total. The van der Waals surface area contributed by atoms with Gasteiger partial charge in [0.15, 0.2) is 6.10 Å². The molecule has 0 bridgehead atoms. The minimum Gasteiger partial charge on any atom is -0.459 e. The molecule has 2 aliphatic rings. The second-order valence-corrected chi connectivity index (χ2v) is 8.11. The van der Waals surface area contributed by atoms with Gasteiger partial charge in [0.05, 0.1) is 15.5 Å². The predicted octanol–water partition coefficient (Wildman–Crippen LogP) is 0.168. The Morgan fingerprint density at radius 2 is 2.00 bits per heavy atom. The van der Waals surface area contributed by atoms with Gasteiger partial charge in [-0.25, -0.2) is 4.79 Å². The lowest BCUT2D eigenvalue weighted by atomic mass is 9.97. The van der Waals surface area contributed by atoms with Gasteiger partial charge in [0.25, 0.3) is 5.91 Å². The van der Waals surface area contributed by atoms with Crippen molar-refractivity contribution < 1.29 is 23.6 Å². The third kappa shape index (κ3) is 2.07. The van der Waals surface area contributed by atoms with E-state index in [1.807, 2.05) is 30.3 Å². The second-order valence-electron chi connectivity index (χ2n) is 5.98. The van der Waals surface area contributed by atoms with Crippen molar-refractivity contribution in [3.05, 3.63) is 35.9 Å². The van der Waals surface area contributed by atoms with E-state index in [2.05, 4.69) is 0 Å². The molecule has 2 heterocycles. The summed E-state index contributed by atoms with van der Waals surface area (Å²) in [6.45, 7) is 3.39. The quantitative estimate of drug-likeness (QED) is 0.633. The molecule has 0 radical (unpaired) electrons. The molecular weight excluding hydrogens is 306 g/mol. The summed E-state index contributed by atoms with van der Waals surface area (Å²) in [6.07, 6.45) is -1.29. The molecule has 1 unspecified atom stereocenters. The highest BCUT2D eigenvalue weighted by Gasteiger charge is 2.67. The number of carbonyl (C=O) groups excluding carboxylic acids is 2. The maximum absolute atomic E-state index is 12.4. The summed E-state index contributed by atoms with van der Waals surface area (Å²) >= 11 is 0. The normalized spacial score (nSPS) is 32.3. The highest BCUT2D eigenvalue weighted by Crippen LogP contribution is 2.43. The fourth-order valence-electron chi connectivity index (χ4n) is 2.93. The molecule has 0 aliphatic carbocycles. The van der Waals surface area contributed by atoms with E-state index in [0.29, 0.717) is 0 Å². The maximum atomic E-state index is 12.4. The van der Waals surface area contributed by atoms with Gasteiger partial charge in [0.2, 0.25) is 0 Å². The van der Waals surface area contributed by atoms with Crippen molar-refractivity contribution in [3.8, 4) is 0 Å². The predicted molar refractivity (Wildman–Crippen MR) is 78.9 cm³/mol. The Morgan fingerprint density at radius 1 is 1.36 bits per heavy atom. The average Bonchev–Trinajstić information content (AvgIpc) is 2.70. The first-order valence-electron chi connectivity index (χ1n) is 6.97. The summed E-state index contributed by atoms with van der Waals surface area (Å²) in [7, 11) is -1.52. The van der Waals surface area contributed by atoms with Gasteiger partial charge in [0.1, 0.15) is 18.0 Å². The Labute approximate surface area is 130 Å². The van der Waals surface area contributed by atoms with Gasteiger partial charge in [0, 0.05) is 0 Å². The number of fused-ring (bicyclic) bond motifs is 1. The van der Waals surface area contributed by atoms with E-state index < -0.39 is 44.9 Å². The molecular formula is C15H17NO5S. The lowest BCUT2D eigenvalue weighted by Crippen LogP contribution is -2.66. The van der Waals surface area contributed by atoms with Crippen LogP contribution in [0.15, 0.2) is 30.3 Å². The Balaban J connectivity index is 1.77. The van der Waals surface area contributed by atoms with Crippen molar-refractivity contribution in [3.63, 3.8) is 0 Å². The second kappa shape index (κ2) is 5.17. The van der Waals surface area contributed by atoms with Crippen LogP contribution in [0.1, 0.15) is 19.4 Å². The zero-order valence-corrected chi connectivity index (χ0v) is 13.1. The van der Waals surface area contributed by atoms with Crippen LogP contribution in [0.5, 0.6) is 0 Å². The summed E-state index contributed by atoms with van der Waals surface area (Å²) in [4.78, 5) is 25.4. The Bertz CT molecular complexity index is 645. The standard InChI is InChI=1S/C15H17NO5S/c1-15(2)11(16-12(18)10(17)13(16)22(15)20)14(19)21-8-9-6-4-3-5-7-9/h3-7,10-11,13,17H,8H2,1-2H3/t10-,11+,13-,22?/m1/s1. The van der Waals surface area contributed by atoms with E-state index in [4.69, 9.17) is 4.74 Å². The number of benzene rings is 1. The molecule has 7 heteroatoms. The summed E-state index contributed by atoms with van der Waals surface area (Å²) in [5.41, 5.74) is 0.833. The first-order chi connectivity index (χ1) is 10.4. The SMILES string of the molecule is CC1(C)[C@H](C(=O)OCc2ccccc2)N2C(=O)[C@@H](O)[C@H]2S1=O. The van der Waals surface area contributed by atoms with Crippen molar-refractivity contribution >= 4 is 22.7 Å². The van der Waals surface area contributed by atoms with E-state index in [-0.39, 0.29) is 6.61 Å². The minimum atomic E-state index is -1.52. The van der Waals surface area contributed by atoms with Crippen molar-refractivity contribution in [2.24, 2.45) is 0 Å². The molecule has 118 valence electrons. The summed E-state index contributed by atoms with van der Waals surface area (Å²) in [5.74, 6) is -1.16. The number of nitrogens with zero attached hydrogens (tertiary/aromatic N) is 1. The van der Waals surface area contributed by atoms with Gasteiger partial charge < -0.3 is 14.7 Å². The van der Waals surface area contributed by atoms with Gasteiger partial charge in [-0.1, -0.05) is 30.3 Å². The van der Waals surface area contributed by atoms with Crippen LogP contribution >= 0.6 is 0 Å². The van der Waals surface area contributed by atoms with Gasteiger partial charge in [-0.3, -0.25) is 9.00 Å². The molecule has 3 rings (SSSR count). The number of hydrogen-bond acceptors (Lipinski definition) is 5. The van der Waals surface area contributed by atoms with Crippen LogP contribution in [0.3, 0.4) is 0 Å².